The molecular formula is C24H19NO2. The fourth-order valence-electron chi connectivity index (χ4n) is 2.79. The Hall–Kier alpha value is -3.59. The van der Waals surface area contributed by atoms with E-state index in [0.717, 1.165) is 28.3 Å². The summed E-state index contributed by atoms with van der Waals surface area (Å²) in [6.45, 7) is 2.05. The summed E-state index contributed by atoms with van der Waals surface area (Å²) in [4.78, 5) is 4.50. The molecule has 4 aromatic rings. The molecule has 0 amide bonds. The van der Waals surface area contributed by atoms with Crippen LogP contribution in [0.1, 0.15) is 5.56 Å². The van der Waals surface area contributed by atoms with Crippen molar-refractivity contribution >= 4 is 0 Å². The van der Waals surface area contributed by atoms with Gasteiger partial charge in [-0.15, -0.1) is 0 Å². The molecule has 0 saturated carbocycles. The van der Waals surface area contributed by atoms with Crippen LogP contribution in [-0.2, 0) is 0 Å². The number of para-hydroxylation sites is 2. The zero-order valence-corrected chi connectivity index (χ0v) is 15.0. The van der Waals surface area contributed by atoms with Crippen LogP contribution in [0.15, 0.2) is 97.2 Å². The summed E-state index contributed by atoms with van der Waals surface area (Å²) < 4.78 is 12.1. The SMILES string of the molecule is Cc1ccnc(-c2ccc(Oc3ccccc3)cc2Oc2ccccc2)c1. The molecular weight excluding hydrogens is 334 g/mol. The zero-order valence-electron chi connectivity index (χ0n) is 15.0. The van der Waals surface area contributed by atoms with Crippen LogP contribution in [0.2, 0.25) is 0 Å². The molecule has 0 spiro atoms. The van der Waals surface area contributed by atoms with Crippen molar-refractivity contribution in [1.82, 2.24) is 4.98 Å². The van der Waals surface area contributed by atoms with E-state index in [1.54, 1.807) is 0 Å². The lowest BCUT2D eigenvalue weighted by molar-refractivity contribution is 0.461. The monoisotopic (exact) mass is 353 g/mol. The molecule has 0 aliphatic rings. The summed E-state index contributed by atoms with van der Waals surface area (Å²) in [5, 5.41) is 0. The summed E-state index contributed by atoms with van der Waals surface area (Å²) in [7, 11) is 0. The number of rotatable bonds is 5. The average Bonchev–Trinajstić information content (AvgIpc) is 2.70. The highest BCUT2D eigenvalue weighted by Crippen LogP contribution is 2.37. The van der Waals surface area contributed by atoms with E-state index < -0.39 is 0 Å². The van der Waals surface area contributed by atoms with Crippen LogP contribution in [0.25, 0.3) is 11.3 Å². The molecule has 1 heterocycles. The van der Waals surface area contributed by atoms with Crippen LogP contribution in [0, 0.1) is 6.92 Å². The molecule has 0 bridgehead atoms. The first-order valence-corrected chi connectivity index (χ1v) is 8.81. The van der Waals surface area contributed by atoms with E-state index in [-0.39, 0.29) is 0 Å². The van der Waals surface area contributed by atoms with Gasteiger partial charge in [0.05, 0.1) is 5.69 Å². The maximum atomic E-state index is 6.16. The number of pyridine rings is 1. The molecule has 132 valence electrons. The highest BCUT2D eigenvalue weighted by molar-refractivity contribution is 5.69. The number of hydrogen-bond acceptors (Lipinski definition) is 3. The number of ether oxygens (including phenoxy) is 2. The lowest BCUT2D eigenvalue weighted by Gasteiger charge is -2.14. The molecule has 0 saturated heterocycles. The minimum Gasteiger partial charge on any atom is -0.457 e. The number of hydrogen-bond donors (Lipinski definition) is 0. The van der Waals surface area contributed by atoms with Crippen molar-refractivity contribution in [3.8, 4) is 34.3 Å². The highest BCUT2D eigenvalue weighted by Gasteiger charge is 2.11. The molecule has 0 fully saturated rings. The Labute approximate surface area is 158 Å². The van der Waals surface area contributed by atoms with Crippen molar-refractivity contribution in [2.75, 3.05) is 0 Å². The Morgan fingerprint density at radius 3 is 1.96 bits per heavy atom. The summed E-state index contributed by atoms with van der Waals surface area (Å²) in [6.07, 6.45) is 1.81. The van der Waals surface area contributed by atoms with E-state index in [1.165, 1.54) is 0 Å². The van der Waals surface area contributed by atoms with Gasteiger partial charge in [-0.25, -0.2) is 0 Å². The molecule has 0 unspecified atom stereocenters. The molecule has 3 nitrogen and oxygen atoms in total. The topological polar surface area (TPSA) is 31.4 Å². The van der Waals surface area contributed by atoms with Gasteiger partial charge < -0.3 is 9.47 Å². The molecule has 0 aliphatic carbocycles. The van der Waals surface area contributed by atoms with Gasteiger partial charge in [-0.3, -0.25) is 4.98 Å². The predicted molar refractivity (Wildman–Crippen MR) is 107 cm³/mol. The molecule has 3 heteroatoms. The van der Waals surface area contributed by atoms with Gasteiger partial charge in [0.25, 0.3) is 0 Å². The van der Waals surface area contributed by atoms with Crippen molar-refractivity contribution < 1.29 is 9.47 Å². The van der Waals surface area contributed by atoms with Crippen molar-refractivity contribution in [1.29, 1.82) is 0 Å². The Bertz CT molecular complexity index is 1030. The van der Waals surface area contributed by atoms with Crippen LogP contribution in [-0.4, -0.2) is 4.98 Å². The Morgan fingerprint density at radius 2 is 1.30 bits per heavy atom. The lowest BCUT2D eigenvalue weighted by Crippen LogP contribution is -1.92. The molecule has 27 heavy (non-hydrogen) atoms. The Kier molecular flexibility index (Phi) is 4.84. The number of aromatic nitrogens is 1. The van der Waals surface area contributed by atoms with Crippen LogP contribution in [0.4, 0.5) is 0 Å². The van der Waals surface area contributed by atoms with Gasteiger partial charge >= 0.3 is 0 Å². The second kappa shape index (κ2) is 7.75. The first-order chi connectivity index (χ1) is 13.3. The maximum absolute atomic E-state index is 6.16. The second-order valence-corrected chi connectivity index (χ2v) is 6.21. The fraction of sp³-hybridized carbons (Fsp3) is 0.0417. The van der Waals surface area contributed by atoms with Gasteiger partial charge in [0.15, 0.2) is 0 Å². The van der Waals surface area contributed by atoms with E-state index >= 15 is 0 Å². The first-order valence-electron chi connectivity index (χ1n) is 8.81. The minimum absolute atomic E-state index is 0.702. The molecule has 0 N–H and O–H groups in total. The summed E-state index contributed by atoms with van der Waals surface area (Å²) in [5.74, 6) is 2.96. The third-order valence-electron chi connectivity index (χ3n) is 4.09. The summed E-state index contributed by atoms with van der Waals surface area (Å²) in [5.41, 5.74) is 2.94. The van der Waals surface area contributed by atoms with Gasteiger partial charge in [0.2, 0.25) is 0 Å². The van der Waals surface area contributed by atoms with Gasteiger partial charge in [-0.05, 0) is 61.0 Å². The van der Waals surface area contributed by atoms with Crippen molar-refractivity contribution in [2.24, 2.45) is 0 Å². The van der Waals surface area contributed by atoms with E-state index in [9.17, 15) is 0 Å². The third-order valence-corrected chi connectivity index (χ3v) is 4.09. The third kappa shape index (κ3) is 4.15. The van der Waals surface area contributed by atoms with Gasteiger partial charge in [0, 0.05) is 17.8 Å². The van der Waals surface area contributed by atoms with Gasteiger partial charge in [-0.1, -0.05) is 36.4 Å². The van der Waals surface area contributed by atoms with E-state index in [2.05, 4.69) is 11.9 Å². The van der Waals surface area contributed by atoms with Crippen molar-refractivity contribution in [3.63, 3.8) is 0 Å². The van der Waals surface area contributed by atoms with E-state index in [1.807, 2.05) is 97.2 Å². The van der Waals surface area contributed by atoms with Crippen LogP contribution in [0.3, 0.4) is 0 Å². The quantitative estimate of drug-likeness (QED) is 0.403. The number of benzene rings is 3. The minimum atomic E-state index is 0.702. The van der Waals surface area contributed by atoms with Crippen LogP contribution in [0.5, 0.6) is 23.0 Å². The molecule has 0 aliphatic heterocycles. The molecule has 0 atom stereocenters. The Balaban J connectivity index is 1.73. The Morgan fingerprint density at radius 1 is 0.630 bits per heavy atom. The molecule has 4 rings (SSSR count). The summed E-state index contributed by atoms with van der Waals surface area (Å²) in [6, 6.07) is 29.3. The zero-order chi connectivity index (χ0) is 18.5. The van der Waals surface area contributed by atoms with Crippen molar-refractivity contribution in [2.45, 2.75) is 6.92 Å². The fourth-order valence-corrected chi connectivity index (χ4v) is 2.79. The summed E-state index contributed by atoms with van der Waals surface area (Å²) >= 11 is 0. The van der Waals surface area contributed by atoms with Gasteiger partial charge in [0.1, 0.15) is 23.0 Å². The largest absolute Gasteiger partial charge is 0.457 e. The van der Waals surface area contributed by atoms with Gasteiger partial charge in [-0.2, -0.15) is 0 Å². The number of aryl methyl sites for hydroxylation is 1. The maximum Gasteiger partial charge on any atom is 0.140 e. The molecule has 3 aromatic carbocycles. The van der Waals surface area contributed by atoms with Crippen LogP contribution >= 0.6 is 0 Å². The molecule has 1 aromatic heterocycles. The lowest BCUT2D eigenvalue weighted by atomic mass is 10.1. The van der Waals surface area contributed by atoms with Crippen LogP contribution < -0.4 is 9.47 Å². The normalized spacial score (nSPS) is 10.4. The predicted octanol–water partition coefficient (Wildman–Crippen LogP) is 6.64. The standard InChI is InChI=1S/C24H19NO2/c1-18-14-15-25-23(16-18)22-13-12-21(26-19-8-4-2-5-9-19)17-24(22)27-20-10-6-3-7-11-20/h2-17H,1H3. The van der Waals surface area contributed by atoms with E-state index in [4.69, 9.17) is 9.47 Å². The average molecular weight is 353 g/mol. The van der Waals surface area contributed by atoms with Crippen molar-refractivity contribution in [3.05, 3.63) is 103 Å². The second-order valence-electron chi connectivity index (χ2n) is 6.21. The number of nitrogens with zero attached hydrogens (tertiary/aromatic N) is 1. The smallest absolute Gasteiger partial charge is 0.140 e. The molecule has 0 radical (unpaired) electrons. The first kappa shape index (κ1) is 16.9. The highest BCUT2D eigenvalue weighted by atomic mass is 16.5. The van der Waals surface area contributed by atoms with E-state index in [0.29, 0.717) is 11.5 Å².